The molecule has 0 radical (unpaired) electrons. The van der Waals surface area contributed by atoms with Gasteiger partial charge in [0, 0.05) is 27.0 Å². The quantitative estimate of drug-likeness (QED) is 0.184. The zero-order valence-corrected chi connectivity index (χ0v) is 33.8. The number of hydrogen-bond acceptors (Lipinski definition) is 3. The summed E-state index contributed by atoms with van der Waals surface area (Å²) in [5.74, 6) is 0.762. The molecule has 0 aliphatic rings. The number of benzene rings is 6. The minimum atomic E-state index is -2.81. The maximum Gasteiger partial charge on any atom is 0.149 e. The average molecular weight is 753 g/mol. The van der Waals surface area contributed by atoms with E-state index < -0.39 is 36.6 Å². The lowest BCUT2D eigenvalue weighted by molar-refractivity contribution is 0.471. The van der Waals surface area contributed by atoms with E-state index in [0.29, 0.717) is 22.6 Å². The summed E-state index contributed by atoms with van der Waals surface area (Å²) in [5, 5.41) is 11.9. The van der Waals surface area contributed by atoms with Gasteiger partial charge in [-0.3, -0.25) is 9.55 Å². The van der Waals surface area contributed by atoms with Crippen molar-refractivity contribution < 1.29 is 14.7 Å². The molecule has 4 heteroatoms. The van der Waals surface area contributed by atoms with Crippen LogP contribution in [0, 0.1) is 20.7 Å². The second-order valence-electron chi connectivity index (χ2n) is 17.0. The minimum absolute atomic E-state index is 0.00156. The molecule has 2 aromatic heterocycles. The number of rotatable bonds is 6. The van der Waals surface area contributed by atoms with E-state index in [9.17, 15) is 5.11 Å². The zero-order valence-electron chi connectivity index (χ0n) is 40.8. The number of aryl methyl sites for hydroxylation is 2. The molecule has 4 nitrogen and oxygen atoms in total. The third-order valence-electron chi connectivity index (χ3n) is 10.6. The molecule has 0 saturated heterocycles. The number of nitrogens with zero attached hydrogens (tertiary/aromatic N) is 3. The smallest absolute Gasteiger partial charge is 0.149 e. The van der Waals surface area contributed by atoms with Gasteiger partial charge in [0.05, 0.1) is 33.5 Å². The summed E-state index contributed by atoms with van der Waals surface area (Å²) in [4.78, 5) is 10.2. The Bertz CT molecular complexity index is 3110. The number of pyridine rings is 1. The second-order valence-corrected chi connectivity index (χ2v) is 17.0. The van der Waals surface area contributed by atoms with E-state index >= 15 is 0 Å². The van der Waals surface area contributed by atoms with Crippen molar-refractivity contribution in [3.05, 3.63) is 167 Å². The SMILES string of the molecule is [2H]c1c([2H])c(C([2H])([2H])[2H])c([2H])c([2H])c1-c1ccnc(-c2cc(-c3cccc4c3nc(-c3cc(C(C)(C)C)cc(C)c3O)n4-c3ccc(C)cc3-c3ccccc3)cc(C(C)(C)C)c2)c1. The fourth-order valence-corrected chi connectivity index (χ4v) is 7.40. The van der Waals surface area contributed by atoms with Gasteiger partial charge in [-0.05, 0) is 119 Å². The summed E-state index contributed by atoms with van der Waals surface area (Å²) in [6, 6.07) is 34.5. The van der Waals surface area contributed by atoms with Gasteiger partial charge < -0.3 is 5.11 Å². The van der Waals surface area contributed by atoms with Crippen molar-refractivity contribution in [2.75, 3.05) is 0 Å². The van der Waals surface area contributed by atoms with Gasteiger partial charge in [-0.25, -0.2) is 4.98 Å². The fraction of sp³-hybridized carbons (Fsp3) is 0.208. The molecule has 8 aromatic rings. The molecule has 0 bridgehead atoms. The number of hydrogen-bond donors (Lipinski definition) is 1. The number of para-hydroxylation sites is 1. The predicted molar refractivity (Wildman–Crippen MR) is 239 cm³/mol. The Morgan fingerprint density at radius 1 is 0.596 bits per heavy atom. The summed E-state index contributed by atoms with van der Waals surface area (Å²) in [7, 11) is 0. The number of aromatic nitrogens is 3. The molecule has 0 atom stereocenters. The van der Waals surface area contributed by atoms with E-state index in [1.54, 1.807) is 18.3 Å². The molecule has 57 heavy (non-hydrogen) atoms. The molecular formula is C53H51N3O. The van der Waals surface area contributed by atoms with E-state index in [2.05, 4.69) is 114 Å². The number of aromatic hydroxyl groups is 1. The fourth-order valence-electron chi connectivity index (χ4n) is 7.40. The first kappa shape index (κ1) is 30.0. The van der Waals surface area contributed by atoms with E-state index in [1.165, 1.54) is 0 Å². The molecule has 2 heterocycles. The molecule has 284 valence electrons. The van der Waals surface area contributed by atoms with Gasteiger partial charge >= 0.3 is 0 Å². The molecule has 6 aromatic carbocycles. The summed E-state index contributed by atoms with van der Waals surface area (Å²) in [6.45, 7) is 14.1. The van der Waals surface area contributed by atoms with Crippen molar-refractivity contribution in [2.24, 2.45) is 0 Å². The monoisotopic (exact) mass is 752 g/mol. The largest absolute Gasteiger partial charge is 0.507 e. The molecule has 0 fully saturated rings. The summed E-state index contributed by atoms with van der Waals surface area (Å²) in [5.41, 5.74) is 11.4. The number of phenols is 1. The van der Waals surface area contributed by atoms with Crippen molar-refractivity contribution in [3.8, 4) is 67.5 Å². The van der Waals surface area contributed by atoms with Crippen LogP contribution >= 0.6 is 0 Å². The van der Waals surface area contributed by atoms with Crippen LogP contribution in [-0.4, -0.2) is 19.6 Å². The van der Waals surface area contributed by atoms with Crippen molar-refractivity contribution in [1.29, 1.82) is 0 Å². The minimum Gasteiger partial charge on any atom is -0.507 e. The molecule has 8 rings (SSSR count). The summed E-state index contributed by atoms with van der Waals surface area (Å²) < 4.78 is 60.5. The van der Waals surface area contributed by atoms with Crippen LogP contribution in [0.15, 0.2) is 140 Å². The lowest BCUT2D eigenvalue weighted by Crippen LogP contribution is -2.12. The van der Waals surface area contributed by atoms with E-state index in [0.717, 1.165) is 66.8 Å². The Labute approximate surface area is 347 Å². The average Bonchev–Trinajstić information content (AvgIpc) is 3.62. The molecule has 0 aliphatic carbocycles. The number of imidazole rings is 1. The molecule has 0 spiro atoms. The molecule has 0 unspecified atom stereocenters. The van der Waals surface area contributed by atoms with E-state index in [-0.39, 0.29) is 22.1 Å². The highest BCUT2D eigenvalue weighted by molar-refractivity contribution is 5.98. The molecule has 0 saturated carbocycles. The molecular weight excluding hydrogens is 695 g/mol. The van der Waals surface area contributed by atoms with Crippen LogP contribution < -0.4 is 0 Å². The molecule has 1 N–H and O–H groups in total. The van der Waals surface area contributed by atoms with Gasteiger partial charge in [-0.1, -0.05) is 138 Å². The van der Waals surface area contributed by atoms with E-state index in [4.69, 9.17) is 19.6 Å². The normalized spacial score (nSPS) is 14.0. The Hall–Kier alpha value is -6.26. The Morgan fingerprint density at radius 3 is 2.04 bits per heavy atom. The van der Waals surface area contributed by atoms with Crippen LogP contribution in [0.5, 0.6) is 5.75 Å². The highest BCUT2D eigenvalue weighted by Gasteiger charge is 2.26. The highest BCUT2D eigenvalue weighted by Crippen LogP contribution is 2.43. The van der Waals surface area contributed by atoms with Crippen molar-refractivity contribution in [1.82, 2.24) is 14.5 Å². The lowest BCUT2D eigenvalue weighted by Gasteiger charge is -2.22. The van der Waals surface area contributed by atoms with Crippen molar-refractivity contribution in [3.63, 3.8) is 0 Å². The third kappa shape index (κ3) is 7.29. The third-order valence-corrected chi connectivity index (χ3v) is 10.6. The van der Waals surface area contributed by atoms with Crippen LogP contribution in [0.25, 0.3) is 72.7 Å². The Balaban J connectivity index is 1.40. The van der Waals surface area contributed by atoms with Gasteiger partial charge in [0.1, 0.15) is 11.6 Å². The Morgan fingerprint density at radius 2 is 1.32 bits per heavy atom. The van der Waals surface area contributed by atoms with Gasteiger partial charge in [0.15, 0.2) is 0 Å². The topological polar surface area (TPSA) is 50.9 Å². The highest BCUT2D eigenvalue weighted by atomic mass is 16.3. The lowest BCUT2D eigenvalue weighted by atomic mass is 9.83. The predicted octanol–water partition coefficient (Wildman–Crippen LogP) is 14.0. The standard InChI is InChI=1S/C53H51N3O/c1-33-18-21-36(22-19-33)38-24-25-54-46(31-38)40-28-39(29-42(30-40)53(7,8)9)43-16-13-17-48-49(43)55-51(45-32-41(52(4,5)6)27-35(3)50(45)57)56(48)47-23-20-34(2)26-44(47)37-14-11-10-12-15-37/h10-32,57H,1-9H3/i1D3,18D,19D,21D,22D. The summed E-state index contributed by atoms with van der Waals surface area (Å²) >= 11 is 0. The van der Waals surface area contributed by atoms with Gasteiger partial charge in [0.2, 0.25) is 0 Å². The first-order valence-corrected chi connectivity index (χ1v) is 19.3. The van der Waals surface area contributed by atoms with Crippen LogP contribution in [0.3, 0.4) is 0 Å². The maximum atomic E-state index is 11.9. The van der Waals surface area contributed by atoms with Crippen molar-refractivity contribution in [2.45, 2.75) is 73.1 Å². The first-order valence-electron chi connectivity index (χ1n) is 22.8. The van der Waals surface area contributed by atoms with Crippen molar-refractivity contribution >= 4 is 11.0 Å². The Kier molecular flexibility index (Phi) is 7.54. The molecule has 0 amide bonds. The second kappa shape index (κ2) is 14.4. The van der Waals surface area contributed by atoms with Crippen LogP contribution in [0.1, 0.15) is 79.0 Å². The van der Waals surface area contributed by atoms with Gasteiger partial charge in [0.25, 0.3) is 0 Å². The van der Waals surface area contributed by atoms with Crippen LogP contribution in [-0.2, 0) is 10.8 Å². The number of phenolic OH excluding ortho intramolecular Hbond substituents is 1. The first-order chi connectivity index (χ1) is 30.0. The van der Waals surface area contributed by atoms with Gasteiger partial charge in [-0.15, -0.1) is 0 Å². The van der Waals surface area contributed by atoms with Gasteiger partial charge in [-0.2, -0.15) is 0 Å². The molecule has 0 aliphatic heterocycles. The van der Waals surface area contributed by atoms with E-state index in [1.807, 2.05) is 43.3 Å². The van der Waals surface area contributed by atoms with Crippen LogP contribution in [0.2, 0.25) is 0 Å². The number of fused-ring (bicyclic) bond motifs is 1. The van der Waals surface area contributed by atoms with Crippen LogP contribution in [0.4, 0.5) is 0 Å². The zero-order chi connectivity index (χ0) is 46.2. The summed E-state index contributed by atoms with van der Waals surface area (Å²) in [6.07, 6.45) is 1.57. The maximum absolute atomic E-state index is 11.9.